The maximum atomic E-state index is 11.9. The van der Waals surface area contributed by atoms with Crippen LogP contribution in [0.5, 0.6) is 5.75 Å². The van der Waals surface area contributed by atoms with Crippen LogP contribution >= 0.6 is 12.6 Å². The molecule has 0 radical (unpaired) electrons. The van der Waals surface area contributed by atoms with Crippen molar-refractivity contribution in [3.8, 4) is 5.75 Å². The van der Waals surface area contributed by atoms with E-state index in [4.69, 9.17) is 0 Å². The highest BCUT2D eigenvalue weighted by atomic mass is 32.1. The minimum Gasteiger partial charge on any atom is -0.505 e. The molecule has 0 aromatic heterocycles. The van der Waals surface area contributed by atoms with Gasteiger partial charge >= 0.3 is 5.97 Å². The van der Waals surface area contributed by atoms with E-state index in [1.165, 1.54) is 18.1 Å². The van der Waals surface area contributed by atoms with Crippen LogP contribution in [0, 0.1) is 5.92 Å². The number of methoxy groups -OCH3 is 1. The molecule has 0 bridgehead atoms. The number of anilines is 1. The summed E-state index contributed by atoms with van der Waals surface area (Å²) < 4.78 is 4.59. The van der Waals surface area contributed by atoms with E-state index in [1.807, 2.05) is 0 Å². The number of carbonyl (C=O) groups is 2. The van der Waals surface area contributed by atoms with Gasteiger partial charge in [0, 0.05) is 13.0 Å². The van der Waals surface area contributed by atoms with E-state index >= 15 is 0 Å². The first-order valence-electron chi connectivity index (χ1n) is 5.90. The summed E-state index contributed by atoms with van der Waals surface area (Å²) in [6.45, 7) is 0.501. The van der Waals surface area contributed by atoms with Crippen molar-refractivity contribution in [3.63, 3.8) is 0 Å². The number of para-hydroxylation sites is 1. The van der Waals surface area contributed by atoms with Crippen molar-refractivity contribution in [3.05, 3.63) is 23.8 Å². The maximum absolute atomic E-state index is 11.9. The molecule has 1 saturated heterocycles. The summed E-state index contributed by atoms with van der Waals surface area (Å²) in [4.78, 5) is 24.9. The van der Waals surface area contributed by atoms with Crippen LogP contribution in [-0.4, -0.2) is 36.4 Å². The number of amides is 1. The SMILES string of the molecule is COC(=O)c1cccc(N2CC(CS)CC2=O)c1O. The number of hydrogen-bond donors (Lipinski definition) is 2. The zero-order valence-corrected chi connectivity index (χ0v) is 11.4. The lowest BCUT2D eigenvalue weighted by Crippen LogP contribution is -2.25. The molecule has 0 saturated carbocycles. The molecule has 1 heterocycles. The average Bonchev–Trinajstić information content (AvgIpc) is 2.79. The van der Waals surface area contributed by atoms with Crippen molar-refractivity contribution < 1.29 is 19.4 Å². The zero-order chi connectivity index (χ0) is 14.0. The minimum atomic E-state index is -0.628. The highest BCUT2D eigenvalue weighted by Crippen LogP contribution is 2.35. The summed E-state index contributed by atoms with van der Waals surface area (Å²) in [5.74, 6) is -0.146. The first-order valence-corrected chi connectivity index (χ1v) is 6.53. The lowest BCUT2D eigenvalue weighted by Gasteiger charge is -2.19. The smallest absolute Gasteiger partial charge is 0.341 e. The van der Waals surface area contributed by atoms with Gasteiger partial charge in [0.1, 0.15) is 5.56 Å². The summed E-state index contributed by atoms with van der Waals surface area (Å²) in [5.41, 5.74) is 0.402. The van der Waals surface area contributed by atoms with Gasteiger partial charge in [0.05, 0.1) is 12.8 Å². The van der Waals surface area contributed by atoms with Crippen molar-refractivity contribution >= 4 is 30.2 Å². The van der Waals surface area contributed by atoms with E-state index < -0.39 is 5.97 Å². The standard InChI is InChI=1S/C13H15NO4S/c1-18-13(17)9-3-2-4-10(12(9)16)14-6-8(7-19)5-11(14)15/h2-4,8,16,19H,5-7H2,1H3. The lowest BCUT2D eigenvalue weighted by atomic mass is 10.1. The summed E-state index contributed by atoms with van der Waals surface area (Å²) in [7, 11) is 1.24. The van der Waals surface area contributed by atoms with Gasteiger partial charge in [-0.2, -0.15) is 12.6 Å². The number of ether oxygens (including phenoxy) is 1. The molecule has 1 aromatic carbocycles. The van der Waals surface area contributed by atoms with E-state index in [0.29, 0.717) is 24.4 Å². The number of rotatable bonds is 3. The monoisotopic (exact) mass is 281 g/mol. The van der Waals surface area contributed by atoms with Crippen molar-refractivity contribution in [2.45, 2.75) is 6.42 Å². The molecule has 1 aromatic rings. The second-order valence-corrected chi connectivity index (χ2v) is 4.79. The Kier molecular flexibility index (Phi) is 3.99. The lowest BCUT2D eigenvalue weighted by molar-refractivity contribution is -0.117. The number of hydrogen-bond acceptors (Lipinski definition) is 5. The highest BCUT2D eigenvalue weighted by Gasteiger charge is 2.32. The van der Waals surface area contributed by atoms with Gasteiger partial charge in [0.15, 0.2) is 5.75 Å². The predicted molar refractivity (Wildman–Crippen MR) is 73.8 cm³/mol. The number of carbonyl (C=O) groups excluding carboxylic acids is 2. The number of esters is 1. The third-order valence-corrected chi connectivity index (χ3v) is 3.69. The second-order valence-electron chi connectivity index (χ2n) is 4.42. The van der Waals surface area contributed by atoms with Crippen LogP contribution in [0.25, 0.3) is 0 Å². The van der Waals surface area contributed by atoms with Gasteiger partial charge in [-0.25, -0.2) is 4.79 Å². The third-order valence-electron chi connectivity index (χ3n) is 3.17. The number of nitrogens with zero attached hydrogens (tertiary/aromatic N) is 1. The molecule has 0 aliphatic carbocycles. The predicted octanol–water partition coefficient (Wildman–Crippen LogP) is 1.46. The van der Waals surface area contributed by atoms with E-state index in [1.54, 1.807) is 12.1 Å². The van der Waals surface area contributed by atoms with Crippen LogP contribution in [-0.2, 0) is 9.53 Å². The quantitative estimate of drug-likeness (QED) is 0.650. The summed E-state index contributed by atoms with van der Waals surface area (Å²) in [6.07, 6.45) is 0.408. The van der Waals surface area contributed by atoms with Crippen molar-refractivity contribution in [1.82, 2.24) is 0 Å². The van der Waals surface area contributed by atoms with E-state index in [-0.39, 0.29) is 23.1 Å². The molecule has 6 heteroatoms. The molecule has 0 spiro atoms. The Labute approximate surface area is 116 Å². The molecule has 5 nitrogen and oxygen atoms in total. The molecule has 1 aliphatic heterocycles. The number of phenolic OH excluding ortho intramolecular Hbond substituents is 1. The highest BCUT2D eigenvalue weighted by molar-refractivity contribution is 7.80. The second kappa shape index (κ2) is 5.52. The Bertz CT molecular complexity index is 517. The molecule has 1 fully saturated rings. The summed E-state index contributed by atoms with van der Waals surface area (Å²) in [6, 6.07) is 4.69. The van der Waals surface area contributed by atoms with Crippen LogP contribution in [0.3, 0.4) is 0 Å². The summed E-state index contributed by atoms with van der Waals surface area (Å²) in [5, 5.41) is 10.1. The molecule has 19 heavy (non-hydrogen) atoms. The Morgan fingerprint density at radius 2 is 2.32 bits per heavy atom. The van der Waals surface area contributed by atoms with Crippen LogP contribution in [0.2, 0.25) is 0 Å². The van der Waals surface area contributed by atoms with Gasteiger partial charge in [-0.3, -0.25) is 4.79 Å². The largest absolute Gasteiger partial charge is 0.505 e. The first kappa shape index (κ1) is 13.7. The van der Waals surface area contributed by atoms with Crippen molar-refractivity contribution in [1.29, 1.82) is 0 Å². The van der Waals surface area contributed by atoms with Crippen molar-refractivity contribution in [2.75, 3.05) is 24.3 Å². The summed E-state index contributed by atoms with van der Waals surface area (Å²) >= 11 is 4.19. The van der Waals surface area contributed by atoms with Crippen molar-refractivity contribution in [2.24, 2.45) is 5.92 Å². The van der Waals surface area contributed by atoms with Gasteiger partial charge in [-0.1, -0.05) is 6.07 Å². The molecular weight excluding hydrogens is 266 g/mol. The fourth-order valence-corrected chi connectivity index (χ4v) is 2.41. The Balaban J connectivity index is 2.36. The van der Waals surface area contributed by atoms with Crippen LogP contribution in [0.15, 0.2) is 18.2 Å². The first-order chi connectivity index (χ1) is 9.08. The fourth-order valence-electron chi connectivity index (χ4n) is 2.16. The molecular formula is C13H15NO4S. The van der Waals surface area contributed by atoms with Crippen LogP contribution < -0.4 is 4.90 Å². The molecule has 2 rings (SSSR count). The third kappa shape index (κ3) is 2.53. The van der Waals surface area contributed by atoms with Gasteiger partial charge in [0.2, 0.25) is 5.91 Å². The molecule has 1 N–H and O–H groups in total. The maximum Gasteiger partial charge on any atom is 0.341 e. The molecule has 1 amide bonds. The molecule has 102 valence electrons. The Morgan fingerprint density at radius 3 is 2.89 bits per heavy atom. The number of thiol groups is 1. The Morgan fingerprint density at radius 1 is 1.58 bits per heavy atom. The van der Waals surface area contributed by atoms with Gasteiger partial charge < -0.3 is 14.7 Å². The normalized spacial score (nSPS) is 18.7. The molecule has 1 aliphatic rings. The van der Waals surface area contributed by atoms with Gasteiger partial charge in [-0.05, 0) is 23.8 Å². The fraction of sp³-hybridized carbons (Fsp3) is 0.385. The molecule has 1 unspecified atom stereocenters. The van der Waals surface area contributed by atoms with Gasteiger partial charge in [0.25, 0.3) is 0 Å². The van der Waals surface area contributed by atoms with Crippen LogP contribution in [0.1, 0.15) is 16.8 Å². The average molecular weight is 281 g/mol. The van der Waals surface area contributed by atoms with E-state index in [9.17, 15) is 14.7 Å². The number of benzene rings is 1. The zero-order valence-electron chi connectivity index (χ0n) is 10.5. The molecule has 1 atom stereocenters. The van der Waals surface area contributed by atoms with Crippen LogP contribution in [0.4, 0.5) is 5.69 Å². The van der Waals surface area contributed by atoms with E-state index in [0.717, 1.165) is 0 Å². The number of aromatic hydroxyl groups is 1. The van der Waals surface area contributed by atoms with Gasteiger partial charge in [-0.15, -0.1) is 0 Å². The Hall–Kier alpha value is -1.69. The van der Waals surface area contributed by atoms with E-state index in [2.05, 4.69) is 17.4 Å². The number of phenols is 1. The minimum absolute atomic E-state index is 0.0575. The topological polar surface area (TPSA) is 66.8 Å².